The Morgan fingerprint density at radius 1 is 1.61 bits per heavy atom. The molecule has 7 heteroatoms. The quantitative estimate of drug-likeness (QED) is 0.712. The van der Waals surface area contributed by atoms with Crippen LogP contribution < -0.4 is 16.4 Å². The van der Waals surface area contributed by atoms with Crippen LogP contribution in [-0.4, -0.2) is 28.5 Å². The molecule has 1 atom stereocenters. The molecule has 18 heavy (non-hydrogen) atoms. The van der Waals surface area contributed by atoms with E-state index >= 15 is 0 Å². The minimum atomic E-state index is -0.343. The predicted octanol–water partition coefficient (Wildman–Crippen LogP) is 1.74. The summed E-state index contributed by atoms with van der Waals surface area (Å²) in [6.07, 6.45) is 2.93. The molecule has 0 saturated heterocycles. The van der Waals surface area contributed by atoms with E-state index in [0.717, 1.165) is 17.4 Å². The third-order valence-corrected chi connectivity index (χ3v) is 2.75. The number of primary amides is 1. The van der Waals surface area contributed by atoms with Gasteiger partial charge in [0.05, 0.1) is 4.47 Å². The van der Waals surface area contributed by atoms with Crippen molar-refractivity contribution < 1.29 is 4.79 Å². The van der Waals surface area contributed by atoms with Gasteiger partial charge in [0.15, 0.2) is 0 Å². The van der Waals surface area contributed by atoms with E-state index in [4.69, 9.17) is 5.73 Å². The van der Waals surface area contributed by atoms with Gasteiger partial charge in [0.25, 0.3) is 0 Å². The Morgan fingerprint density at radius 2 is 2.33 bits per heavy atom. The first kappa shape index (κ1) is 14.7. The maximum Gasteiger partial charge on any atom is 0.224 e. The van der Waals surface area contributed by atoms with Crippen LogP contribution in [-0.2, 0) is 4.79 Å². The number of anilines is 2. The van der Waals surface area contributed by atoms with Crippen molar-refractivity contribution in [3.05, 3.63) is 10.7 Å². The molecule has 0 aliphatic heterocycles. The molecule has 1 unspecified atom stereocenters. The fraction of sp³-hybridized carbons (Fsp3) is 0.545. The Balaban J connectivity index is 2.71. The number of hydrogen-bond acceptors (Lipinski definition) is 5. The van der Waals surface area contributed by atoms with Gasteiger partial charge in [-0.05, 0) is 29.3 Å². The number of hydrogen-bond donors (Lipinski definition) is 3. The molecule has 0 aliphatic rings. The number of nitrogens with one attached hydrogen (secondary N) is 2. The van der Waals surface area contributed by atoms with Gasteiger partial charge in [-0.25, -0.2) is 4.98 Å². The minimum Gasteiger partial charge on any atom is -0.370 e. The van der Waals surface area contributed by atoms with E-state index < -0.39 is 0 Å². The van der Waals surface area contributed by atoms with Crippen LogP contribution in [0.1, 0.15) is 26.7 Å². The number of nitrogens with zero attached hydrogens (tertiary/aromatic N) is 2. The standard InChI is InChI=1S/C11H18BrN5O/c1-3-4-14-11-15-6-8(12)10(17-11)16-7(2)5-9(13)18/h6-7H,3-5H2,1-2H3,(H2,13,18)(H2,14,15,16,17). The summed E-state index contributed by atoms with van der Waals surface area (Å²) in [5.41, 5.74) is 5.14. The Kier molecular flexibility index (Phi) is 5.84. The highest BCUT2D eigenvalue weighted by Crippen LogP contribution is 2.21. The maximum absolute atomic E-state index is 10.8. The van der Waals surface area contributed by atoms with Gasteiger partial charge in [-0.1, -0.05) is 6.92 Å². The summed E-state index contributed by atoms with van der Waals surface area (Å²) in [6, 6.07) is -0.0762. The summed E-state index contributed by atoms with van der Waals surface area (Å²) in [7, 11) is 0. The van der Waals surface area contributed by atoms with Gasteiger partial charge >= 0.3 is 0 Å². The summed E-state index contributed by atoms with van der Waals surface area (Å²) in [4.78, 5) is 19.3. The Hall–Kier alpha value is -1.37. The van der Waals surface area contributed by atoms with Gasteiger partial charge < -0.3 is 16.4 Å². The van der Waals surface area contributed by atoms with E-state index in [-0.39, 0.29) is 18.4 Å². The fourth-order valence-electron chi connectivity index (χ4n) is 1.38. The van der Waals surface area contributed by atoms with E-state index in [9.17, 15) is 4.79 Å². The zero-order chi connectivity index (χ0) is 13.5. The average molecular weight is 316 g/mol. The Morgan fingerprint density at radius 3 is 2.94 bits per heavy atom. The normalized spacial score (nSPS) is 11.9. The summed E-state index contributed by atoms with van der Waals surface area (Å²) >= 11 is 3.36. The molecule has 1 aromatic rings. The number of amides is 1. The molecule has 0 saturated carbocycles. The van der Waals surface area contributed by atoms with Gasteiger partial charge in [0.2, 0.25) is 11.9 Å². The molecule has 0 aromatic carbocycles. The summed E-state index contributed by atoms with van der Waals surface area (Å²) in [5.74, 6) is 0.871. The molecule has 0 aliphatic carbocycles. The zero-order valence-corrected chi connectivity index (χ0v) is 12.1. The number of carbonyl (C=O) groups excluding carboxylic acids is 1. The lowest BCUT2D eigenvalue weighted by atomic mass is 10.2. The molecule has 0 spiro atoms. The first-order valence-electron chi connectivity index (χ1n) is 5.84. The lowest BCUT2D eigenvalue weighted by molar-refractivity contribution is -0.118. The van der Waals surface area contributed by atoms with Gasteiger partial charge in [-0.3, -0.25) is 4.79 Å². The third-order valence-electron chi connectivity index (χ3n) is 2.17. The van der Waals surface area contributed by atoms with Crippen LogP contribution in [0.4, 0.5) is 11.8 Å². The van der Waals surface area contributed by atoms with Crippen LogP contribution in [0.2, 0.25) is 0 Å². The predicted molar refractivity (Wildman–Crippen MR) is 75.4 cm³/mol. The number of carbonyl (C=O) groups is 1. The van der Waals surface area contributed by atoms with Crippen LogP contribution in [0, 0.1) is 0 Å². The van der Waals surface area contributed by atoms with Gasteiger partial charge in [0, 0.05) is 25.2 Å². The highest BCUT2D eigenvalue weighted by molar-refractivity contribution is 9.10. The first-order valence-corrected chi connectivity index (χ1v) is 6.63. The van der Waals surface area contributed by atoms with Crippen molar-refractivity contribution in [1.82, 2.24) is 9.97 Å². The molecule has 1 aromatic heterocycles. The summed E-state index contributed by atoms with van der Waals surface area (Å²) in [6.45, 7) is 4.76. The van der Waals surface area contributed by atoms with Crippen molar-refractivity contribution in [2.75, 3.05) is 17.2 Å². The zero-order valence-electron chi connectivity index (χ0n) is 10.5. The number of aromatic nitrogens is 2. The van der Waals surface area contributed by atoms with Crippen molar-refractivity contribution >= 4 is 33.6 Å². The highest BCUT2D eigenvalue weighted by atomic mass is 79.9. The van der Waals surface area contributed by atoms with Crippen LogP contribution >= 0.6 is 15.9 Å². The molecule has 1 amide bonds. The first-order chi connectivity index (χ1) is 8.52. The van der Waals surface area contributed by atoms with Crippen LogP contribution in [0.5, 0.6) is 0 Å². The van der Waals surface area contributed by atoms with Crippen molar-refractivity contribution in [2.45, 2.75) is 32.7 Å². The van der Waals surface area contributed by atoms with E-state index in [1.165, 1.54) is 0 Å². The second-order valence-corrected chi connectivity index (χ2v) is 4.89. The van der Waals surface area contributed by atoms with Gasteiger partial charge in [-0.2, -0.15) is 4.98 Å². The minimum absolute atomic E-state index is 0.0762. The second-order valence-electron chi connectivity index (χ2n) is 4.03. The lowest BCUT2D eigenvalue weighted by Gasteiger charge is -2.14. The molecular formula is C11H18BrN5O. The average Bonchev–Trinajstić information content (AvgIpc) is 2.29. The molecule has 6 nitrogen and oxygen atoms in total. The SMILES string of the molecule is CCCNc1ncc(Br)c(NC(C)CC(N)=O)n1. The summed E-state index contributed by atoms with van der Waals surface area (Å²) in [5, 5.41) is 6.22. The molecule has 0 fully saturated rings. The van der Waals surface area contributed by atoms with Crippen LogP contribution in [0.25, 0.3) is 0 Å². The van der Waals surface area contributed by atoms with Crippen LogP contribution in [0.3, 0.4) is 0 Å². The molecule has 1 rings (SSSR count). The van der Waals surface area contributed by atoms with E-state index in [1.54, 1.807) is 6.20 Å². The maximum atomic E-state index is 10.8. The third kappa shape index (κ3) is 4.87. The highest BCUT2D eigenvalue weighted by Gasteiger charge is 2.10. The number of nitrogens with two attached hydrogens (primary N) is 1. The van der Waals surface area contributed by atoms with E-state index in [2.05, 4.69) is 43.5 Å². The van der Waals surface area contributed by atoms with Crippen molar-refractivity contribution in [3.63, 3.8) is 0 Å². The molecule has 100 valence electrons. The molecule has 0 radical (unpaired) electrons. The van der Waals surface area contributed by atoms with E-state index in [0.29, 0.717) is 11.8 Å². The molecule has 4 N–H and O–H groups in total. The monoisotopic (exact) mass is 315 g/mol. The molecule has 0 bridgehead atoms. The topological polar surface area (TPSA) is 92.9 Å². The molecule has 1 heterocycles. The Bertz CT molecular complexity index is 412. The largest absolute Gasteiger partial charge is 0.370 e. The van der Waals surface area contributed by atoms with Crippen LogP contribution in [0.15, 0.2) is 10.7 Å². The molecular weight excluding hydrogens is 298 g/mol. The fourth-order valence-corrected chi connectivity index (χ4v) is 1.68. The smallest absolute Gasteiger partial charge is 0.224 e. The lowest BCUT2D eigenvalue weighted by Crippen LogP contribution is -2.24. The van der Waals surface area contributed by atoms with Crippen molar-refractivity contribution in [3.8, 4) is 0 Å². The van der Waals surface area contributed by atoms with Gasteiger partial charge in [-0.15, -0.1) is 0 Å². The van der Waals surface area contributed by atoms with Gasteiger partial charge in [0.1, 0.15) is 5.82 Å². The Labute approximate surface area is 115 Å². The summed E-state index contributed by atoms with van der Waals surface area (Å²) < 4.78 is 0.751. The second kappa shape index (κ2) is 7.15. The van der Waals surface area contributed by atoms with Crippen molar-refractivity contribution in [2.24, 2.45) is 5.73 Å². The number of halogens is 1. The number of rotatable bonds is 7. The van der Waals surface area contributed by atoms with E-state index in [1.807, 2.05) is 6.92 Å². The van der Waals surface area contributed by atoms with Crippen molar-refractivity contribution in [1.29, 1.82) is 0 Å².